The lowest BCUT2D eigenvalue weighted by Gasteiger charge is -2.27. The first-order chi connectivity index (χ1) is 11.3. The Morgan fingerprint density at radius 2 is 2.04 bits per heavy atom. The molecule has 1 amide bonds. The molecule has 1 fully saturated rings. The third-order valence-electron chi connectivity index (χ3n) is 3.89. The van der Waals surface area contributed by atoms with E-state index in [1.54, 1.807) is 11.8 Å². The molecule has 128 valence electrons. The zero-order valence-corrected chi connectivity index (χ0v) is 14.5. The molecule has 0 N–H and O–H groups in total. The minimum Gasteiger partial charge on any atom is -0.444 e. The van der Waals surface area contributed by atoms with E-state index in [2.05, 4.69) is 22.3 Å². The maximum atomic E-state index is 12.6. The van der Waals surface area contributed by atoms with Crippen LogP contribution < -0.4 is 0 Å². The Labute approximate surface area is 141 Å². The highest BCUT2D eigenvalue weighted by atomic mass is 16.6. The zero-order valence-electron chi connectivity index (χ0n) is 14.5. The van der Waals surface area contributed by atoms with Gasteiger partial charge in [-0.1, -0.05) is 35.5 Å². The summed E-state index contributed by atoms with van der Waals surface area (Å²) in [6, 6.07) is 10.3. The third-order valence-corrected chi connectivity index (χ3v) is 3.89. The number of rotatable bonds is 4. The Bertz CT molecular complexity index is 706. The Morgan fingerprint density at radius 3 is 2.62 bits per heavy atom. The Morgan fingerprint density at radius 1 is 1.33 bits per heavy atom. The van der Waals surface area contributed by atoms with Crippen molar-refractivity contribution in [3.8, 4) is 0 Å². The van der Waals surface area contributed by atoms with Crippen LogP contribution in [0.4, 0.5) is 4.79 Å². The number of carbonyl (C=O) groups excluding carboxylic acids is 1. The number of aromatic nitrogens is 2. The van der Waals surface area contributed by atoms with Gasteiger partial charge in [0.1, 0.15) is 12.1 Å². The van der Waals surface area contributed by atoms with Gasteiger partial charge in [-0.15, -0.1) is 0 Å². The molecule has 0 saturated heterocycles. The molecule has 1 aromatic carbocycles. The van der Waals surface area contributed by atoms with Gasteiger partial charge >= 0.3 is 6.09 Å². The van der Waals surface area contributed by atoms with Gasteiger partial charge in [-0.2, -0.15) is 4.98 Å². The van der Waals surface area contributed by atoms with Gasteiger partial charge in [-0.05, 0) is 39.7 Å². The van der Waals surface area contributed by atoms with Crippen LogP contribution in [0, 0.1) is 6.92 Å². The van der Waals surface area contributed by atoms with Gasteiger partial charge in [-0.3, -0.25) is 4.90 Å². The van der Waals surface area contributed by atoms with E-state index in [0.717, 1.165) is 6.42 Å². The van der Waals surface area contributed by atoms with E-state index in [1.807, 2.05) is 39.0 Å². The first-order valence-electron chi connectivity index (χ1n) is 8.17. The monoisotopic (exact) mass is 329 g/mol. The molecule has 1 aliphatic carbocycles. The minimum atomic E-state index is -0.544. The van der Waals surface area contributed by atoms with Crippen LogP contribution >= 0.6 is 0 Å². The molecule has 0 bridgehead atoms. The number of nitrogens with zero attached hydrogens (tertiary/aromatic N) is 3. The predicted octanol–water partition coefficient (Wildman–Crippen LogP) is 3.67. The minimum absolute atomic E-state index is 0.0921. The smallest absolute Gasteiger partial charge is 0.411 e. The van der Waals surface area contributed by atoms with Gasteiger partial charge in [0.2, 0.25) is 5.89 Å². The lowest BCUT2D eigenvalue weighted by molar-refractivity contribution is 0.0193. The van der Waals surface area contributed by atoms with E-state index in [-0.39, 0.29) is 18.7 Å². The van der Waals surface area contributed by atoms with Gasteiger partial charge in [0.05, 0.1) is 0 Å². The van der Waals surface area contributed by atoms with Crippen molar-refractivity contribution in [2.45, 2.75) is 58.2 Å². The van der Waals surface area contributed by atoms with Crippen LogP contribution in [0.15, 0.2) is 34.9 Å². The number of hydrogen-bond acceptors (Lipinski definition) is 5. The molecule has 1 aliphatic rings. The van der Waals surface area contributed by atoms with Crippen molar-refractivity contribution in [3.05, 3.63) is 47.6 Å². The van der Waals surface area contributed by atoms with Crippen molar-refractivity contribution in [2.75, 3.05) is 0 Å². The molecule has 0 radical (unpaired) electrons. The fourth-order valence-electron chi connectivity index (χ4n) is 2.77. The van der Waals surface area contributed by atoms with E-state index in [0.29, 0.717) is 17.6 Å². The summed E-state index contributed by atoms with van der Waals surface area (Å²) in [5.41, 5.74) is 0.690. The van der Waals surface area contributed by atoms with Crippen molar-refractivity contribution in [1.82, 2.24) is 15.0 Å². The van der Waals surface area contributed by atoms with Crippen molar-refractivity contribution in [3.63, 3.8) is 0 Å². The van der Waals surface area contributed by atoms with Crippen LogP contribution in [0.5, 0.6) is 0 Å². The average Bonchev–Trinajstić information content (AvgIpc) is 3.19. The third kappa shape index (κ3) is 3.93. The molecule has 24 heavy (non-hydrogen) atoms. The van der Waals surface area contributed by atoms with Gasteiger partial charge in [0.15, 0.2) is 5.82 Å². The van der Waals surface area contributed by atoms with E-state index in [4.69, 9.17) is 9.26 Å². The number of benzene rings is 1. The second-order valence-electron chi connectivity index (χ2n) is 7.16. The SMILES string of the molecule is Cc1noc(CN(C(=O)OC(C)(C)C)[C@H]2CC2c2ccccc2)n1. The summed E-state index contributed by atoms with van der Waals surface area (Å²) in [7, 11) is 0. The number of carbonyl (C=O) groups is 1. The second-order valence-corrected chi connectivity index (χ2v) is 7.16. The topological polar surface area (TPSA) is 68.5 Å². The molecule has 2 aromatic rings. The Balaban J connectivity index is 1.76. The summed E-state index contributed by atoms with van der Waals surface area (Å²) in [6.07, 6.45) is 0.568. The van der Waals surface area contributed by atoms with E-state index < -0.39 is 5.60 Å². The number of hydrogen-bond donors (Lipinski definition) is 0. The molecular weight excluding hydrogens is 306 g/mol. The van der Waals surface area contributed by atoms with Crippen LogP contribution in [0.25, 0.3) is 0 Å². The normalized spacial score (nSPS) is 19.8. The first-order valence-corrected chi connectivity index (χ1v) is 8.17. The molecule has 6 heteroatoms. The van der Waals surface area contributed by atoms with Gasteiger partial charge in [0.25, 0.3) is 0 Å². The highest BCUT2D eigenvalue weighted by Crippen LogP contribution is 2.45. The van der Waals surface area contributed by atoms with Gasteiger partial charge in [-0.25, -0.2) is 4.79 Å². The van der Waals surface area contributed by atoms with E-state index in [1.165, 1.54) is 5.56 Å². The Kier molecular flexibility index (Phi) is 4.30. The van der Waals surface area contributed by atoms with Crippen molar-refractivity contribution >= 4 is 6.09 Å². The molecule has 0 spiro atoms. The summed E-state index contributed by atoms with van der Waals surface area (Å²) in [6.45, 7) is 7.61. The molecule has 1 heterocycles. The van der Waals surface area contributed by atoms with Crippen LogP contribution in [-0.2, 0) is 11.3 Å². The maximum Gasteiger partial charge on any atom is 0.411 e. The average molecular weight is 329 g/mol. The van der Waals surface area contributed by atoms with Crippen molar-refractivity contribution in [1.29, 1.82) is 0 Å². The van der Waals surface area contributed by atoms with Crippen LogP contribution in [0.2, 0.25) is 0 Å². The summed E-state index contributed by atoms with van der Waals surface area (Å²) >= 11 is 0. The lowest BCUT2D eigenvalue weighted by Crippen LogP contribution is -2.38. The quantitative estimate of drug-likeness (QED) is 0.856. The lowest BCUT2D eigenvalue weighted by atomic mass is 10.1. The number of ether oxygens (including phenoxy) is 1. The standard InChI is InChI=1S/C18H23N3O3/c1-12-19-16(24-20-12)11-21(17(22)23-18(2,3)4)15-10-14(15)13-8-6-5-7-9-13/h5-9,14-15H,10-11H2,1-4H3/t14?,15-/m0/s1. The van der Waals surface area contributed by atoms with Crippen molar-refractivity contribution < 1.29 is 14.1 Å². The molecule has 6 nitrogen and oxygen atoms in total. The fraction of sp³-hybridized carbons (Fsp3) is 0.500. The van der Waals surface area contributed by atoms with Crippen LogP contribution in [0.1, 0.15) is 50.4 Å². The highest BCUT2D eigenvalue weighted by Gasteiger charge is 2.46. The summed E-state index contributed by atoms with van der Waals surface area (Å²) < 4.78 is 10.7. The Hall–Kier alpha value is -2.37. The van der Waals surface area contributed by atoms with Crippen LogP contribution in [0.3, 0.4) is 0 Å². The van der Waals surface area contributed by atoms with E-state index >= 15 is 0 Å². The summed E-state index contributed by atoms with van der Waals surface area (Å²) in [4.78, 5) is 18.6. The largest absolute Gasteiger partial charge is 0.444 e. The number of aryl methyl sites for hydroxylation is 1. The predicted molar refractivity (Wildman–Crippen MR) is 88.4 cm³/mol. The second kappa shape index (κ2) is 6.26. The highest BCUT2D eigenvalue weighted by molar-refractivity contribution is 5.69. The van der Waals surface area contributed by atoms with Crippen molar-refractivity contribution in [2.24, 2.45) is 0 Å². The zero-order chi connectivity index (χ0) is 17.3. The van der Waals surface area contributed by atoms with E-state index in [9.17, 15) is 4.79 Å². The van der Waals surface area contributed by atoms with Gasteiger partial charge < -0.3 is 9.26 Å². The van der Waals surface area contributed by atoms with Crippen LogP contribution in [-0.4, -0.2) is 32.8 Å². The maximum absolute atomic E-state index is 12.6. The number of amides is 1. The molecule has 1 aromatic heterocycles. The fourth-order valence-corrected chi connectivity index (χ4v) is 2.77. The molecule has 0 aliphatic heterocycles. The molecule has 1 unspecified atom stereocenters. The summed E-state index contributed by atoms with van der Waals surface area (Å²) in [5.74, 6) is 1.31. The molecule has 2 atom stereocenters. The molecule has 1 saturated carbocycles. The van der Waals surface area contributed by atoms with Gasteiger partial charge in [0, 0.05) is 12.0 Å². The first kappa shape index (κ1) is 16.5. The molecular formula is C18H23N3O3. The summed E-state index contributed by atoms with van der Waals surface area (Å²) in [5, 5.41) is 3.80. The molecule has 3 rings (SSSR count).